The summed E-state index contributed by atoms with van der Waals surface area (Å²) >= 11 is 1.60. The number of carbonyl (C=O) groups is 1. The molecule has 2 heterocycles. The minimum atomic E-state index is -0.439. The fourth-order valence-electron chi connectivity index (χ4n) is 4.04. The van der Waals surface area contributed by atoms with Crippen LogP contribution in [0.3, 0.4) is 0 Å². The van der Waals surface area contributed by atoms with E-state index in [-0.39, 0.29) is 5.91 Å². The molecule has 0 saturated carbocycles. The van der Waals surface area contributed by atoms with Gasteiger partial charge in [0.2, 0.25) is 0 Å². The van der Waals surface area contributed by atoms with E-state index in [2.05, 4.69) is 17.1 Å². The lowest BCUT2D eigenvalue weighted by Crippen LogP contribution is -2.44. The number of hydrogen-bond acceptors (Lipinski definition) is 6. The minimum absolute atomic E-state index is 0.163. The van der Waals surface area contributed by atoms with Gasteiger partial charge in [-0.05, 0) is 17.2 Å². The van der Waals surface area contributed by atoms with Gasteiger partial charge in [-0.15, -0.1) is 0 Å². The Balaban J connectivity index is 1.56. The zero-order valence-electron chi connectivity index (χ0n) is 18.4. The van der Waals surface area contributed by atoms with Gasteiger partial charge in [0.15, 0.2) is 16.7 Å². The van der Waals surface area contributed by atoms with E-state index < -0.39 is 6.04 Å². The van der Waals surface area contributed by atoms with E-state index in [9.17, 15) is 4.79 Å². The normalized spacial score (nSPS) is 16.6. The highest BCUT2D eigenvalue weighted by atomic mass is 32.2. The van der Waals surface area contributed by atoms with Crippen molar-refractivity contribution in [2.45, 2.75) is 18.2 Å². The highest BCUT2D eigenvalue weighted by Crippen LogP contribution is 2.41. The topological polar surface area (TPSA) is 63.5 Å². The molecule has 0 aliphatic carbocycles. The Morgan fingerprint density at radius 3 is 2.18 bits per heavy atom. The van der Waals surface area contributed by atoms with Crippen molar-refractivity contribution in [1.29, 1.82) is 0 Å². The second-order valence-corrected chi connectivity index (χ2v) is 8.68. The quantitative estimate of drug-likeness (QED) is 0.530. The van der Waals surface area contributed by atoms with Crippen LogP contribution in [0.4, 0.5) is 5.69 Å². The molecule has 0 spiro atoms. The number of amidine groups is 2. The number of fused-ring (bicyclic) bond motifs is 3. The van der Waals surface area contributed by atoms with Crippen molar-refractivity contribution in [2.75, 3.05) is 14.2 Å². The molecule has 166 valence electrons. The first-order valence-corrected chi connectivity index (χ1v) is 11.6. The van der Waals surface area contributed by atoms with Gasteiger partial charge in [-0.1, -0.05) is 72.4 Å². The molecule has 0 radical (unpaired) electrons. The summed E-state index contributed by atoms with van der Waals surface area (Å²) in [7, 11) is 3.19. The van der Waals surface area contributed by atoms with Crippen LogP contribution in [0.15, 0.2) is 82.8 Å². The maximum atomic E-state index is 13.1. The van der Waals surface area contributed by atoms with Gasteiger partial charge in [0, 0.05) is 23.8 Å². The molecule has 1 atom stereocenters. The summed E-state index contributed by atoms with van der Waals surface area (Å²) in [5, 5.41) is 0.754. The molecule has 0 N–H and O–H groups in total. The molecule has 33 heavy (non-hydrogen) atoms. The maximum absolute atomic E-state index is 13.1. The van der Waals surface area contributed by atoms with Gasteiger partial charge in [0.25, 0.3) is 5.91 Å². The molecule has 3 aromatic carbocycles. The zero-order valence-corrected chi connectivity index (χ0v) is 19.2. The van der Waals surface area contributed by atoms with Gasteiger partial charge in [0.05, 0.1) is 19.9 Å². The molecule has 2 aliphatic heterocycles. The van der Waals surface area contributed by atoms with Crippen molar-refractivity contribution in [3.05, 3.63) is 89.5 Å². The first-order valence-electron chi connectivity index (χ1n) is 10.7. The van der Waals surface area contributed by atoms with Crippen LogP contribution >= 0.6 is 11.8 Å². The van der Waals surface area contributed by atoms with Gasteiger partial charge in [-0.2, -0.15) is 4.99 Å². The molecule has 0 fully saturated rings. The monoisotopic (exact) mass is 457 g/mol. The maximum Gasteiger partial charge on any atom is 0.271 e. The van der Waals surface area contributed by atoms with Gasteiger partial charge < -0.3 is 9.47 Å². The van der Waals surface area contributed by atoms with Gasteiger partial charge in [-0.3, -0.25) is 9.69 Å². The van der Waals surface area contributed by atoms with E-state index in [4.69, 9.17) is 14.5 Å². The Kier molecular flexibility index (Phi) is 5.88. The average molecular weight is 458 g/mol. The Morgan fingerprint density at radius 1 is 0.879 bits per heavy atom. The molecule has 1 unspecified atom stereocenters. The van der Waals surface area contributed by atoms with Gasteiger partial charge in [0.1, 0.15) is 11.9 Å². The predicted molar refractivity (Wildman–Crippen MR) is 132 cm³/mol. The SMILES string of the molecule is COc1cc2c(cc1OC)C1=NC(=O)C(Cc3ccccc3)N1C(SCc1ccccc1)=N2. The Bertz CT molecular complexity index is 1240. The van der Waals surface area contributed by atoms with Crippen LogP contribution in [0.2, 0.25) is 0 Å². The summed E-state index contributed by atoms with van der Waals surface area (Å²) in [4.78, 5) is 24.5. The lowest BCUT2D eigenvalue weighted by Gasteiger charge is -2.31. The van der Waals surface area contributed by atoms with Crippen LogP contribution < -0.4 is 9.47 Å². The molecule has 6 nitrogen and oxygen atoms in total. The molecule has 0 bridgehead atoms. The van der Waals surface area contributed by atoms with Crippen LogP contribution in [-0.4, -0.2) is 42.1 Å². The number of aliphatic imine (C=N–C) groups is 2. The summed E-state index contributed by atoms with van der Waals surface area (Å²) < 4.78 is 11.0. The lowest BCUT2D eigenvalue weighted by molar-refractivity contribution is -0.119. The van der Waals surface area contributed by atoms with Crippen LogP contribution in [0, 0.1) is 0 Å². The number of nitrogens with zero attached hydrogens (tertiary/aromatic N) is 3. The fourth-order valence-corrected chi connectivity index (χ4v) is 5.05. The largest absolute Gasteiger partial charge is 0.493 e. The number of carbonyl (C=O) groups excluding carboxylic acids is 1. The van der Waals surface area contributed by atoms with Crippen molar-refractivity contribution in [3.63, 3.8) is 0 Å². The average Bonchev–Trinajstić information content (AvgIpc) is 3.19. The van der Waals surface area contributed by atoms with Gasteiger partial charge >= 0.3 is 0 Å². The number of amides is 1. The Hall–Kier alpha value is -3.58. The smallest absolute Gasteiger partial charge is 0.271 e. The molecule has 0 saturated heterocycles. The highest BCUT2D eigenvalue weighted by molar-refractivity contribution is 8.13. The molecular weight excluding hydrogens is 434 g/mol. The van der Waals surface area contributed by atoms with Crippen LogP contribution in [0.25, 0.3) is 0 Å². The van der Waals surface area contributed by atoms with Crippen molar-refractivity contribution in [1.82, 2.24) is 4.90 Å². The molecule has 7 heteroatoms. The third-order valence-electron chi connectivity index (χ3n) is 5.69. The number of rotatable bonds is 6. The van der Waals surface area contributed by atoms with Crippen molar-refractivity contribution in [2.24, 2.45) is 9.98 Å². The van der Waals surface area contributed by atoms with Crippen molar-refractivity contribution in [3.8, 4) is 11.5 Å². The second kappa shape index (κ2) is 9.11. The third kappa shape index (κ3) is 4.12. The Labute approximate surface area is 197 Å². The van der Waals surface area contributed by atoms with Crippen molar-refractivity contribution >= 4 is 34.4 Å². The fraction of sp³-hybridized carbons (Fsp3) is 0.192. The summed E-state index contributed by atoms with van der Waals surface area (Å²) in [5.41, 5.74) is 3.75. The summed E-state index contributed by atoms with van der Waals surface area (Å²) in [6, 6.07) is 23.5. The summed E-state index contributed by atoms with van der Waals surface area (Å²) in [5.74, 6) is 2.35. The van der Waals surface area contributed by atoms with Gasteiger partial charge in [-0.25, -0.2) is 4.99 Å². The number of ether oxygens (including phenoxy) is 2. The first-order chi connectivity index (χ1) is 16.2. The number of hydrogen-bond donors (Lipinski definition) is 0. The van der Waals surface area contributed by atoms with E-state index in [1.54, 1.807) is 26.0 Å². The third-order valence-corrected chi connectivity index (χ3v) is 6.71. The molecule has 5 rings (SSSR count). The van der Waals surface area contributed by atoms with E-state index in [1.165, 1.54) is 5.56 Å². The second-order valence-electron chi connectivity index (χ2n) is 7.74. The highest BCUT2D eigenvalue weighted by Gasteiger charge is 2.42. The zero-order chi connectivity index (χ0) is 22.8. The van der Waals surface area contributed by atoms with E-state index in [0.717, 1.165) is 22.0 Å². The Morgan fingerprint density at radius 2 is 1.52 bits per heavy atom. The van der Waals surface area contributed by atoms with Crippen LogP contribution in [0.5, 0.6) is 11.5 Å². The van der Waals surface area contributed by atoms with Crippen LogP contribution in [-0.2, 0) is 17.0 Å². The molecule has 3 aromatic rings. The lowest BCUT2D eigenvalue weighted by atomic mass is 10.0. The minimum Gasteiger partial charge on any atom is -0.493 e. The number of benzene rings is 3. The molecule has 1 amide bonds. The van der Waals surface area contributed by atoms with Crippen LogP contribution in [0.1, 0.15) is 16.7 Å². The van der Waals surface area contributed by atoms with E-state index >= 15 is 0 Å². The van der Waals surface area contributed by atoms with Crippen molar-refractivity contribution < 1.29 is 14.3 Å². The summed E-state index contributed by atoms with van der Waals surface area (Å²) in [6.45, 7) is 0. The van der Waals surface area contributed by atoms with E-state index in [1.807, 2.05) is 65.6 Å². The van der Waals surface area contributed by atoms with E-state index in [0.29, 0.717) is 29.4 Å². The number of methoxy groups -OCH3 is 2. The number of thioether (sulfide) groups is 1. The molecular formula is C26H23N3O3S. The molecule has 0 aromatic heterocycles. The summed E-state index contributed by atoms with van der Waals surface area (Å²) in [6.07, 6.45) is 0.556. The first kappa shape index (κ1) is 21.3. The molecule has 2 aliphatic rings. The standard InChI is InChI=1S/C26H23N3O3S/c1-31-22-14-19-20(15-23(22)32-2)27-26(33-16-18-11-7-4-8-12-18)29-21(25(30)28-24(19)29)13-17-9-5-3-6-10-17/h3-12,14-15,21H,13,16H2,1-2H3. The predicted octanol–water partition coefficient (Wildman–Crippen LogP) is 4.84.